The maximum absolute atomic E-state index is 13.9. The van der Waals surface area contributed by atoms with Gasteiger partial charge >= 0.3 is 6.18 Å². The Morgan fingerprint density at radius 3 is 2.47 bits per heavy atom. The maximum atomic E-state index is 13.9. The summed E-state index contributed by atoms with van der Waals surface area (Å²) in [6.07, 6.45) is -1.76. The number of hydrogen-bond acceptors (Lipinski definition) is 7. The first kappa shape index (κ1) is 25.6. The normalized spacial score (nSPS) is 15.1. The zero-order chi connectivity index (χ0) is 26.7. The van der Waals surface area contributed by atoms with E-state index < -0.39 is 17.6 Å². The van der Waals surface area contributed by atoms with Gasteiger partial charge < -0.3 is 19.9 Å². The summed E-state index contributed by atoms with van der Waals surface area (Å²) in [5.74, 6) is 0.0969. The van der Waals surface area contributed by atoms with Crippen LogP contribution < -0.4 is 10.1 Å². The monoisotopic (exact) mass is 525 g/mol. The number of fused-ring (bicyclic) bond motifs is 1. The third-order valence-corrected chi connectivity index (χ3v) is 6.50. The second-order valence-electron chi connectivity index (χ2n) is 8.94. The number of amides is 1. The fraction of sp³-hybridized carbons (Fsp3) is 0.308. The van der Waals surface area contributed by atoms with Gasteiger partial charge in [-0.3, -0.25) is 9.69 Å². The number of benzene rings is 2. The van der Waals surface area contributed by atoms with E-state index in [0.29, 0.717) is 35.7 Å². The molecule has 2 N–H and O–H groups in total. The van der Waals surface area contributed by atoms with E-state index in [0.717, 1.165) is 25.7 Å². The number of H-pyrrole nitrogens is 1. The van der Waals surface area contributed by atoms with E-state index in [4.69, 9.17) is 4.74 Å². The number of imidazole rings is 1. The number of alkyl halides is 3. The number of nitrogens with one attached hydrogen (secondary N) is 2. The first-order chi connectivity index (χ1) is 18.3. The molecular formula is C26H26F3N7O2. The highest BCUT2D eigenvalue weighted by Gasteiger charge is 2.34. The minimum Gasteiger partial charge on any atom is -0.437 e. The summed E-state index contributed by atoms with van der Waals surface area (Å²) in [6.45, 7) is 6.25. The van der Waals surface area contributed by atoms with Gasteiger partial charge in [0.05, 0.1) is 11.9 Å². The highest BCUT2D eigenvalue weighted by Crippen LogP contribution is 2.34. The fourth-order valence-electron chi connectivity index (χ4n) is 4.37. The van der Waals surface area contributed by atoms with Crippen LogP contribution in [0.2, 0.25) is 0 Å². The van der Waals surface area contributed by atoms with Gasteiger partial charge in [0.1, 0.15) is 17.6 Å². The molecule has 0 bridgehead atoms. The number of rotatable bonds is 7. The van der Waals surface area contributed by atoms with E-state index in [-0.39, 0.29) is 23.6 Å². The van der Waals surface area contributed by atoms with Gasteiger partial charge in [0.15, 0.2) is 5.65 Å². The van der Waals surface area contributed by atoms with E-state index in [2.05, 4.69) is 37.1 Å². The number of hydrogen-bond donors (Lipinski definition) is 2. The molecule has 4 aromatic rings. The lowest BCUT2D eigenvalue weighted by molar-refractivity contribution is -0.138. The molecule has 1 aliphatic heterocycles. The Hall–Kier alpha value is -4.03. The second-order valence-corrected chi connectivity index (χ2v) is 8.94. The number of piperazine rings is 1. The van der Waals surface area contributed by atoms with Gasteiger partial charge in [-0.05, 0) is 48.5 Å². The number of anilines is 1. The van der Waals surface area contributed by atoms with Crippen LogP contribution in [0.5, 0.6) is 11.6 Å². The molecule has 2 aromatic heterocycles. The summed E-state index contributed by atoms with van der Waals surface area (Å²) in [5, 5.41) is 2.65. The van der Waals surface area contributed by atoms with Crippen molar-refractivity contribution in [2.24, 2.45) is 0 Å². The Morgan fingerprint density at radius 2 is 1.76 bits per heavy atom. The topological polar surface area (TPSA) is 99.3 Å². The summed E-state index contributed by atoms with van der Waals surface area (Å²) in [5.41, 5.74) is 0.709. The van der Waals surface area contributed by atoms with Crippen molar-refractivity contribution in [2.75, 3.05) is 38.0 Å². The smallest absolute Gasteiger partial charge is 0.416 e. The molecule has 0 atom stereocenters. The highest BCUT2D eigenvalue weighted by molar-refractivity contribution is 6.04. The van der Waals surface area contributed by atoms with Crippen LogP contribution in [-0.2, 0) is 12.7 Å². The Balaban J connectivity index is 1.26. The SMILES string of the molecule is CCN1CCN(Cc2ccc(C(=O)Nc3ccc(Oc4ncnc5nc[nH]c45)cc3)cc2C(F)(F)F)CC1. The summed E-state index contributed by atoms with van der Waals surface area (Å²) < 4.78 is 47.5. The van der Waals surface area contributed by atoms with E-state index in [9.17, 15) is 18.0 Å². The first-order valence-corrected chi connectivity index (χ1v) is 12.2. The molecule has 2 aromatic carbocycles. The van der Waals surface area contributed by atoms with Crippen molar-refractivity contribution in [3.63, 3.8) is 0 Å². The fourth-order valence-corrected chi connectivity index (χ4v) is 4.37. The molecule has 0 saturated carbocycles. The zero-order valence-electron chi connectivity index (χ0n) is 20.6. The number of likely N-dealkylation sites (N-methyl/N-ethyl adjacent to an activating group) is 1. The van der Waals surface area contributed by atoms with Gasteiger partial charge in [0.2, 0.25) is 5.88 Å². The molecular weight excluding hydrogens is 499 g/mol. The van der Waals surface area contributed by atoms with Crippen LogP contribution >= 0.6 is 0 Å². The highest BCUT2D eigenvalue weighted by atomic mass is 19.4. The Bertz CT molecular complexity index is 1410. The van der Waals surface area contributed by atoms with Crippen molar-refractivity contribution in [3.05, 3.63) is 71.8 Å². The molecule has 198 valence electrons. The van der Waals surface area contributed by atoms with E-state index in [1.54, 1.807) is 24.3 Å². The summed E-state index contributed by atoms with van der Waals surface area (Å²) in [4.78, 5) is 32.2. The maximum Gasteiger partial charge on any atom is 0.416 e. The molecule has 1 amide bonds. The molecule has 12 heteroatoms. The van der Waals surface area contributed by atoms with Crippen LogP contribution in [0.4, 0.5) is 18.9 Å². The predicted molar refractivity (Wildman–Crippen MR) is 135 cm³/mol. The minimum absolute atomic E-state index is 0.0696. The van der Waals surface area contributed by atoms with Crippen molar-refractivity contribution in [3.8, 4) is 11.6 Å². The molecule has 3 heterocycles. The van der Waals surface area contributed by atoms with Crippen LogP contribution in [0.15, 0.2) is 55.1 Å². The standard InChI is InChI=1S/C26H26F3N7O2/c1-2-35-9-11-36(12-10-35)14-18-4-3-17(13-21(18)26(27,28)29)24(37)34-19-5-7-20(8-6-19)38-25-22-23(31-15-30-22)32-16-33-25/h3-8,13,15-16H,2,9-12,14H2,1H3,(H,34,37)(H,30,31,32,33). The Labute approximate surface area is 216 Å². The number of carbonyl (C=O) groups is 1. The van der Waals surface area contributed by atoms with Gasteiger partial charge in [-0.2, -0.15) is 18.2 Å². The molecule has 1 saturated heterocycles. The third kappa shape index (κ3) is 5.76. The number of nitrogens with zero attached hydrogens (tertiary/aromatic N) is 5. The average molecular weight is 526 g/mol. The van der Waals surface area contributed by atoms with Crippen molar-refractivity contribution < 1.29 is 22.7 Å². The summed E-state index contributed by atoms with van der Waals surface area (Å²) in [7, 11) is 0. The number of ether oxygens (including phenoxy) is 1. The molecule has 1 aliphatic rings. The van der Waals surface area contributed by atoms with Gasteiger partial charge in [-0.15, -0.1) is 0 Å². The molecule has 0 unspecified atom stereocenters. The minimum atomic E-state index is -4.57. The Kier molecular flexibility index (Phi) is 7.25. The predicted octanol–water partition coefficient (Wildman–Crippen LogP) is 4.55. The first-order valence-electron chi connectivity index (χ1n) is 12.2. The molecule has 0 radical (unpaired) electrons. The van der Waals surface area contributed by atoms with Gasteiger partial charge in [-0.1, -0.05) is 13.0 Å². The van der Waals surface area contributed by atoms with Crippen LogP contribution in [0.3, 0.4) is 0 Å². The van der Waals surface area contributed by atoms with Gasteiger partial charge in [0.25, 0.3) is 5.91 Å². The van der Waals surface area contributed by atoms with Crippen molar-refractivity contribution in [1.82, 2.24) is 29.7 Å². The average Bonchev–Trinajstić information content (AvgIpc) is 3.40. The second kappa shape index (κ2) is 10.8. The van der Waals surface area contributed by atoms with Crippen LogP contribution in [0, 0.1) is 0 Å². The van der Waals surface area contributed by atoms with E-state index >= 15 is 0 Å². The summed E-state index contributed by atoms with van der Waals surface area (Å²) in [6, 6.07) is 10.2. The lowest BCUT2D eigenvalue weighted by Gasteiger charge is -2.34. The zero-order valence-corrected chi connectivity index (χ0v) is 20.6. The number of halogens is 3. The van der Waals surface area contributed by atoms with Crippen LogP contribution in [-0.4, -0.2) is 68.4 Å². The lowest BCUT2D eigenvalue weighted by atomic mass is 10.0. The lowest BCUT2D eigenvalue weighted by Crippen LogP contribution is -2.45. The van der Waals surface area contributed by atoms with Gasteiger partial charge in [0, 0.05) is 44.0 Å². The number of aromatic amines is 1. The van der Waals surface area contributed by atoms with E-state index in [1.807, 2.05) is 4.90 Å². The summed E-state index contributed by atoms with van der Waals surface area (Å²) >= 11 is 0. The quantitative estimate of drug-likeness (QED) is 0.365. The van der Waals surface area contributed by atoms with E-state index in [1.165, 1.54) is 24.8 Å². The van der Waals surface area contributed by atoms with Crippen molar-refractivity contribution in [2.45, 2.75) is 19.6 Å². The number of aromatic nitrogens is 4. The molecule has 5 rings (SSSR count). The van der Waals surface area contributed by atoms with Gasteiger partial charge in [-0.25, -0.2) is 9.97 Å². The van der Waals surface area contributed by atoms with Crippen LogP contribution in [0.25, 0.3) is 11.2 Å². The third-order valence-electron chi connectivity index (χ3n) is 6.50. The molecule has 1 fully saturated rings. The molecule has 0 spiro atoms. The Morgan fingerprint density at radius 1 is 1.03 bits per heavy atom. The van der Waals surface area contributed by atoms with Crippen LogP contribution in [0.1, 0.15) is 28.4 Å². The molecule has 38 heavy (non-hydrogen) atoms. The largest absolute Gasteiger partial charge is 0.437 e. The number of carbonyl (C=O) groups excluding carboxylic acids is 1. The van der Waals surface area contributed by atoms with Crippen molar-refractivity contribution in [1.29, 1.82) is 0 Å². The molecule has 0 aliphatic carbocycles. The van der Waals surface area contributed by atoms with Crippen molar-refractivity contribution >= 4 is 22.8 Å². The molecule has 9 nitrogen and oxygen atoms in total.